The molecule has 0 aliphatic carbocycles. The summed E-state index contributed by atoms with van der Waals surface area (Å²) < 4.78 is 0. The van der Waals surface area contributed by atoms with Crippen LogP contribution in [0.5, 0.6) is 0 Å². The molecule has 0 atom stereocenters. The second-order valence-electron chi connectivity index (χ2n) is 0. The van der Waals surface area contributed by atoms with E-state index in [0.717, 1.165) is 0 Å². The van der Waals surface area contributed by atoms with Crippen LogP contribution in [0, 0.1) is 14.4 Å². The zero-order valence-electron chi connectivity index (χ0n) is 7.40. The third-order valence-corrected chi connectivity index (χ3v) is 0. The Morgan fingerprint density at radius 1 is 0.600 bits per heavy atom. The Morgan fingerprint density at radius 2 is 0.600 bits per heavy atom. The zero-order chi connectivity index (χ0) is 2.00. The van der Waals surface area contributed by atoms with Crippen molar-refractivity contribution in [2.45, 2.75) is 6.92 Å². The van der Waals surface area contributed by atoms with Crippen molar-refractivity contribution in [2.24, 2.45) is 0 Å². The molecule has 0 nitrogen and oxygen atoms in total. The van der Waals surface area contributed by atoms with Crippen LogP contribution < -0.4 is 0 Å². The summed E-state index contributed by atoms with van der Waals surface area (Å²) in [4.78, 5) is 0. The molecule has 0 aromatic heterocycles. The van der Waals surface area contributed by atoms with Gasteiger partial charge < -0.3 is 14.4 Å². The summed E-state index contributed by atoms with van der Waals surface area (Å²) in [6.07, 6.45) is 0. The molecule has 0 aliphatic heterocycles. The first-order valence-electron chi connectivity index (χ1n) is 0.707. The summed E-state index contributed by atoms with van der Waals surface area (Å²) in [5, 5.41) is 0. The zero-order valence-corrected chi connectivity index (χ0v) is 47.2. The Hall–Kier alpha value is -5.42. The average Bonchev–Trinajstić information content (AvgIpc) is 1.00. The molecule has 0 saturated heterocycles. The van der Waals surface area contributed by atoms with E-state index in [1.165, 1.54) is 0 Å². The third kappa shape index (κ3) is 0.221. The summed E-state index contributed by atoms with van der Waals surface area (Å²) in [5.74, 6) is 0. The van der Waals surface area contributed by atoms with Crippen molar-refractivity contribution in [1.29, 1.82) is 0 Å². The van der Waals surface area contributed by atoms with Crippen LogP contribution in [0.2, 0.25) is 0 Å². The van der Waals surface area contributed by atoms with Gasteiger partial charge in [-0.15, -0.1) is 0 Å². The summed E-state index contributed by atoms with van der Waals surface area (Å²) >= 11 is 0. The van der Waals surface area contributed by atoms with Gasteiger partial charge in [-0.05, 0) is 0 Å². The Kier molecular flexibility index (Phi) is 0.247. The molecule has 1 radical (unpaired) electrons. The molecule has 0 saturated carbocycles. The van der Waals surface area contributed by atoms with E-state index in [1.54, 1.807) is 6.92 Å². The van der Waals surface area contributed by atoms with Gasteiger partial charge in [0.05, 0.1) is 0 Å². The second kappa shape index (κ2) is 0.816. The SMILES string of the molecule is [CH2-]C.[CH3-].[Rf].[Rf].[Rf].[Rf].[Rf].[Rf].[V]. The van der Waals surface area contributed by atoms with Crippen LogP contribution in [0.15, 0.2) is 0 Å². The summed E-state index contributed by atoms with van der Waals surface area (Å²) in [6, 6.07) is 0. The minimum absolute atomic E-state index is 0. The monoisotopic (exact) mass is 1700 g/mol. The van der Waals surface area contributed by atoms with E-state index < -0.39 is 0 Å². The number of hydrogen-bond acceptors (Lipinski definition) is 0. The normalized spacial score (nSPS) is 0.600. The van der Waals surface area contributed by atoms with Crippen LogP contribution in [0.4, 0.5) is 0 Å². The van der Waals surface area contributed by atoms with Gasteiger partial charge in [-0.2, -0.15) is 6.92 Å². The molecular weight excluding hydrogens is 1690 g/mol. The number of hydrogen-bond donors (Lipinski definition) is 0. The maximum atomic E-state index is 3.25. The predicted octanol–water partition coefficient (Wildman–Crippen LogP) is 1.29. The predicted molar refractivity (Wildman–Crippen MR) is 17.4 cm³/mol. The first-order valence-corrected chi connectivity index (χ1v) is 0.707. The first-order chi connectivity index (χ1) is 1.00. The Bertz CT molecular complexity index is 13.0. The van der Waals surface area contributed by atoms with Gasteiger partial charge in [0.15, 0.2) is 0 Å². The van der Waals surface area contributed by atoms with Gasteiger partial charge in [0, 0.05) is 18.6 Å². The van der Waals surface area contributed by atoms with E-state index in [4.69, 9.17) is 0 Å². The van der Waals surface area contributed by atoms with Crippen molar-refractivity contribution in [2.75, 3.05) is 0 Å². The molecule has 0 bridgehead atoms. The summed E-state index contributed by atoms with van der Waals surface area (Å²) in [5.41, 5.74) is 0. The van der Waals surface area contributed by atoms with E-state index in [2.05, 4.69) is 6.92 Å². The second-order valence-corrected chi connectivity index (χ2v) is 0. The molecule has 0 N–H and O–H groups in total. The molecule has 0 heterocycles. The Balaban J connectivity index is -0.000000000179. The van der Waals surface area contributed by atoms with E-state index in [-0.39, 0.29) is 26.0 Å². The average molecular weight is 1700 g/mol. The van der Waals surface area contributed by atoms with Gasteiger partial charge in [-0.3, -0.25) is 0 Å². The fourth-order valence-electron chi connectivity index (χ4n) is 0. The van der Waals surface area contributed by atoms with Crippen LogP contribution in [0.3, 0.4) is 0 Å². The van der Waals surface area contributed by atoms with Crippen molar-refractivity contribution in [3.63, 3.8) is 0 Å². The summed E-state index contributed by atoms with van der Waals surface area (Å²) in [7, 11) is 0. The van der Waals surface area contributed by atoms with Crippen molar-refractivity contribution in [1.82, 2.24) is 0 Å². The molecule has 7 heteroatoms. The van der Waals surface area contributed by atoms with Crippen LogP contribution in [0.25, 0.3) is 0 Å². The van der Waals surface area contributed by atoms with Gasteiger partial charge in [0.2, 0.25) is 0 Å². The topological polar surface area (TPSA) is 0 Å². The fraction of sp³-hybridized carbons (Fsp3) is 0.333. The molecule has 0 aromatic carbocycles. The molecule has 0 fully saturated rings. The molecule has 10 heavy (non-hydrogen) atoms. The molecule has 0 amide bonds. The van der Waals surface area contributed by atoms with Crippen molar-refractivity contribution in [3.05, 3.63) is 14.4 Å². The van der Waals surface area contributed by atoms with Gasteiger partial charge in [0.25, 0.3) is 0 Å². The van der Waals surface area contributed by atoms with Gasteiger partial charge >= 0.3 is 0 Å². The van der Waals surface area contributed by atoms with Crippen LogP contribution in [-0.4, -0.2) is 0 Å². The quantitative estimate of drug-likeness (QED) is 0.322. The summed E-state index contributed by atoms with van der Waals surface area (Å²) in [6.45, 7) is 5.00. The third-order valence-electron chi connectivity index (χ3n) is 0. The molecule has 0 aromatic rings. The van der Waals surface area contributed by atoms with Crippen molar-refractivity contribution in [3.8, 4) is 0 Å². The van der Waals surface area contributed by atoms with Crippen LogP contribution in [0.1, 0.15) is 6.92 Å². The van der Waals surface area contributed by atoms with Gasteiger partial charge in [0.1, 0.15) is 0 Å². The molecule has 0 spiro atoms. The Morgan fingerprint density at radius 3 is 0.600 bits per heavy atom. The van der Waals surface area contributed by atoms with Crippen molar-refractivity contribution >= 4 is 0 Å². The molecular formula is C3H8Rf6V-2. The Labute approximate surface area is 40.5 Å². The van der Waals surface area contributed by atoms with E-state index in [9.17, 15) is 0 Å². The molecule has 0 unspecified atom stereocenters. The smallest absolute Gasteiger partial charge is 0 e. The minimum atomic E-state index is 0. The minimum Gasteiger partial charge on any atom is -0.358 e. The molecule has 0 aliphatic rings. The van der Waals surface area contributed by atoms with Crippen molar-refractivity contribution < 1.29 is 18.6 Å². The van der Waals surface area contributed by atoms with E-state index in [0.29, 0.717) is 0 Å². The van der Waals surface area contributed by atoms with Crippen LogP contribution in [-0.2, 0) is 18.6 Å². The largest absolute Gasteiger partial charge is 0.358 e. The fourth-order valence-corrected chi connectivity index (χ4v) is 0. The number of rotatable bonds is 0. The standard InChI is InChI=1S/C2H5.CH3.6Rf.V/c1-2;;;;;;;;/h1H2,2H3;1H3;;;;;;;/q2*-1;;;;;;;. The first kappa shape index (κ1) is 3.02. The maximum Gasteiger partial charge on any atom is 0 e. The van der Waals surface area contributed by atoms with Gasteiger partial charge in [-0.25, -0.2) is 0 Å². The van der Waals surface area contributed by atoms with Gasteiger partial charge in [-0.1, -0.05) is 0 Å². The molecule has 0 rings (SSSR count). The molecule has 39 valence electrons. The van der Waals surface area contributed by atoms with E-state index >= 15 is 0 Å². The van der Waals surface area contributed by atoms with E-state index in [1.807, 2.05) is 0 Å². The van der Waals surface area contributed by atoms with Crippen LogP contribution >= 0.6 is 0 Å². The maximum absolute atomic E-state index is 3.25.